The number of morpholine rings is 1. The maximum absolute atomic E-state index is 12.5. The Kier molecular flexibility index (Phi) is 11.1. The van der Waals surface area contributed by atoms with Crippen LogP contribution in [0.25, 0.3) is 0 Å². The third-order valence-corrected chi connectivity index (χ3v) is 6.16. The Morgan fingerprint density at radius 2 is 1.70 bits per heavy atom. The summed E-state index contributed by atoms with van der Waals surface area (Å²) in [6.45, 7) is 14.0. The first-order valence-electron chi connectivity index (χ1n) is 11.1. The molecule has 0 saturated carbocycles. The normalized spacial score (nSPS) is 25.2. The topological polar surface area (TPSA) is 66.9 Å². The molecule has 0 aromatic carbocycles. The largest absolute Gasteiger partial charge is 0.378 e. The minimum Gasteiger partial charge on any atom is -0.378 e. The average Bonchev–Trinajstić information content (AvgIpc) is 2.74. The summed E-state index contributed by atoms with van der Waals surface area (Å²) in [6, 6.07) is 0.467. The fraction of sp³-hybridized carbons (Fsp3) is 0.900. The molecule has 3 fully saturated rings. The Morgan fingerprint density at radius 1 is 1.00 bits per heavy atom. The lowest BCUT2D eigenvalue weighted by Gasteiger charge is -2.39. The molecule has 3 aliphatic heterocycles. The second-order valence-corrected chi connectivity index (χ2v) is 8.35. The molecule has 174 valence electrons. The summed E-state index contributed by atoms with van der Waals surface area (Å²) in [5.74, 6) is 1.24. The Hall–Kier alpha value is -0.690. The van der Waals surface area contributed by atoms with E-state index in [1.54, 1.807) is 0 Å². The van der Waals surface area contributed by atoms with Crippen molar-refractivity contribution in [3.63, 3.8) is 0 Å². The highest BCUT2D eigenvalue weighted by molar-refractivity contribution is 14.0. The van der Waals surface area contributed by atoms with Crippen LogP contribution in [0.3, 0.4) is 0 Å². The first-order chi connectivity index (χ1) is 14.1. The monoisotopic (exact) mass is 537 g/mol. The highest BCUT2D eigenvalue weighted by atomic mass is 127. The first-order valence-corrected chi connectivity index (χ1v) is 11.1. The molecule has 0 aromatic rings. The average molecular weight is 537 g/mol. The molecule has 0 aliphatic carbocycles. The Labute approximate surface area is 198 Å². The third-order valence-electron chi connectivity index (χ3n) is 6.16. The minimum absolute atomic E-state index is 0. The van der Waals surface area contributed by atoms with Crippen LogP contribution in [0, 0.1) is 0 Å². The second kappa shape index (κ2) is 13.0. The van der Waals surface area contributed by atoms with Crippen LogP contribution >= 0.6 is 24.0 Å². The van der Waals surface area contributed by atoms with Crippen LogP contribution in [-0.4, -0.2) is 148 Å². The van der Waals surface area contributed by atoms with E-state index in [4.69, 9.17) is 9.73 Å². The van der Waals surface area contributed by atoms with Gasteiger partial charge in [-0.15, -0.1) is 24.0 Å². The molecule has 1 unspecified atom stereocenters. The van der Waals surface area contributed by atoms with Gasteiger partial charge in [-0.1, -0.05) is 0 Å². The predicted molar refractivity (Wildman–Crippen MR) is 131 cm³/mol. The summed E-state index contributed by atoms with van der Waals surface area (Å²) in [5.41, 5.74) is 0. The molecule has 0 radical (unpaired) electrons. The van der Waals surface area contributed by atoms with E-state index in [0.717, 1.165) is 78.0 Å². The molecular formula is C20H40IN7O2. The predicted octanol–water partition coefficient (Wildman–Crippen LogP) is -0.708. The van der Waals surface area contributed by atoms with E-state index in [0.29, 0.717) is 25.8 Å². The van der Waals surface area contributed by atoms with Crippen molar-refractivity contribution >= 4 is 35.8 Å². The Morgan fingerprint density at radius 3 is 2.37 bits per heavy atom. The van der Waals surface area contributed by atoms with Gasteiger partial charge in [0.15, 0.2) is 5.96 Å². The van der Waals surface area contributed by atoms with Gasteiger partial charge in [-0.25, -0.2) is 0 Å². The summed E-state index contributed by atoms with van der Waals surface area (Å²) in [7, 11) is 4.39. The van der Waals surface area contributed by atoms with E-state index in [1.807, 2.05) is 4.90 Å². The van der Waals surface area contributed by atoms with E-state index < -0.39 is 0 Å². The van der Waals surface area contributed by atoms with Crippen LogP contribution in [0.5, 0.6) is 0 Å². The van der Waals surface area contributed by atoms with Gasteiger partial charge < -0.3 is 24.8 Å². The lowest BCUT2D eigenvalue weighted by Crippen LogP contribution is -2.55. The summed E-state index contributed by atoms with van der Waals surface area (Å²) in [4.78, 5) is 28.8. The van der Waals surface area contributed by atoms with E-state index in [-0.39, 0.29) is 29.9 Å². The lowest BCUT2D eigenvalue weighted by atomic mass is 10.2. The van der Waals surface area contributed by atoms with Gasteiger partial charge in [0.2, 0.25) is 5.91 Å². The number of ether oxygens (including phenoxy) is 1. The quantitative estimate of drug-likeness (QED) is 0.283. The van der Waals surface area contributed by atoms with Crippen LogP contribution in [-0.2, 0) is 9.53 Å². The lowest BCUT2D eigenvalue weighted by molar-refractivity contribution is -0.136. The van der Waals surface area contributed by atoms with Crippen LogP contribution in [0.2, 0.25) is 0 Å². The molecule has 3 saturated heterocycles. The fourth-order valence-electron chi connectivity index (χ4n) is 4.14. The van der Waals surface area contributed by atoms with Crippen molar-refractivity contribution in [2.45, 2.75) is 13.0 Å². The Balaban J connectivity index is 0.00000320. The smallest absolute Gasteiger partial charge is 0.236 e. The number of halogens is 1. The zero-order chi connectivity index (χ0) is 20.6. The molecular weight excluding hydrogens is 497 g/mol. The van der Waals surface area contributed by atoms with Gasteiger partial charge in [0.25, 0.3) is 0 Å². The van der Waals surface area contributed by atoms with Crippen molar-refractivity contribution in [1.82, 2.24) is 29.8 Å². The molecule has 3 heterocycles. The number of amides is 1. The molecule has 1 atom stereocenters. The third kappa shape index (κ3) is 7.47. The number of nitrogens with zero attached hydrogens (tertiary/aromatic N) is 6. The van der Waals surface area contributed by atoms with E-state index >= 15 is 0 Å². The number of aliphatic imine (C=N–C) groups is 1. The first kappa shape index (κ1) is 25.6. The Bertz CT molecular complexity index is 551. The number of carbonyl (C=O) groups excluding carboxylic acids is 1. The van der Waals surface area contributed by atoms with Crippen LogP contribution in [0.4, 0.5) is 0 Å². The van der Waals surface area contributed by atoms with Crippen molar-refractivity contribution in [3.05, 3.63) is 0 Å². The molecule has 10 heteroatoms. The maximum Gasteiger partial charge on any atom is 0.236 e. The number of carbonyl (C=O) groups is 1. The van der Waals surface area contributed by atoms with Crippen molar-refractivity contribution in [3.8, 4) is 0 Å². The molecule has 9 nitrogen and oxygen atoms in total. The van der Waals surface area contributed by atoms with Crippen molar-refractivity contribution in [1.29, 1.82) is 0 Å². The summed E-state index contributed by atoms with van der Waals surface area (Å²) in [6.07, 6.45) is 0. The van der Waals surface area contributed by atoms with Crippen molar-refractivity contribution < 1.29 is 9.53 Å². The maximum atomic E-state index is 12.5. The molecule has 0 bridgehead atoms. The van der Waals surface area contributed by atoms with Gasteiger partial charge in [0.05, 0.1) is 26.3 Å². The van der Waals surface area contributed by atoms with Gasteiger partial charge >= 0.3 is 0 Å². The summed E-state index contributed by atoms with van der Waals surface area (Å²) >= 11 is 0. The van der Waals surface area contributed by atoms with Crippen LogP contribution < -0.4 is 5.32 Å². The number of likely N-dealkylation sites (N-methyl/N-ethyl adjacent to an activating group) is 2. The number of nitrogens with one attached hydrogen (secondary N) is 1. The highest BCUT2D eigenvalue weighted by Crippen LogP contribution is 2.08. The standard InChI is InChI=1S/C20H39N7O2.HI/c1-4-21-20(22-15-18-16-23(2)5-6-24(18)3)27-9-7-25(8-10-27)17-19(28)26-11-13-29-14-12-26;/h18H,4-17H2,1-3H3,(H,21,22);1H. The van der Waals surface area contributed by atoms with Crippen molar-refractivity contribution in [2.24, 2.45) is 4.99 Å². The summed E-state index contributed by atoms with van der Waals surface area (Å²) in [5, 5.41) is 3.46. The number of hydrogen-bond acceptors (Lipinski definition) is 6. The zero-order valence-electron chi connectivity index (χ0n) is 18.9. The molecule has 3 rings (SSSR count). The zero-order valence-corrected chi connectivity index (χ0v) is 21.2. The molecule has 3 aliphatic rings. The van der Waals surface area contributed by atoms with Gasteiger partial charge in [-0.2, -0.15) is 0 Å². The molecule has 1 N–H and O–H groups in total. The number of hydrogen-bond donors (Lipinski definition) is 1. The van der Waals surface area contributed by atoms with E-state index in [2.05, 4.69) is 45.9 Å². The van der Waals surface area contributed by atoms with Gasteiger partial charge in [-0.05, 0) is 21.0 Å². The SMILES string of the molecule is CCNC(=NCC1CN(C)CCN1C)N1CCN(CC(=O)N2CCOCC2)CC1.I. The number of rotatable bonds is 5. The molecule has 0 spiro atoms. The second-order valence-electron chi connectivity index (χ2n) is 8.35. The van der Waals surface area contributed by atoms with E-state index in [9.17, 15) is 4.79 Å². The number of piperazine rings is 2. The van der Waals surface area contributed by atoms with Gasteiger partial charge in [0, 0.05) is 71.5 Å². The van der Waals surface area contributed by atoms with Crippen molar-refractivity contribution in [2.75, 3.05) is 106 Å². The fourth-order valence-corrected chi connectivity index (χ4v) is 4.14. The van der Waals surface area contributed by atoms with Crippen LogP contribution in [0.1, 0.15) is 6.92 Å². The highest BCUT2D eigenvalue weighted by Gasteiger charge is 2.25. The minimum atomic E-state index is 0. The van der Waals surface area contributed by atoms with Gasteiger partial charge in [0.1, 0.15) is 0 Å². The summed E-state index contributed by atoms with van der Waals surface area (Å²) < 4.78 is 5.34. The molecule has 1 amide bonds. The number of guanidine groups is 1. The molecule has 30 heavy (non-hydrogen) atoms. The van der Waals surface area contributed by atoms with Gasteiger partial charge in [-0.3, -0.25) is 19.6 Å². The van der Waals surface area contributed by atoms with E-state index in [1.165, 1.54) is 0 Å². The van der Waals surface area contributed by atoms with Crippen LogP contribution in [0.15, 0.2) is 4.99 Å². The molecule has 0 aromatic heterocycles.